The van der Waals surface area contributed by atoms with Crippen molar-refractivity contribution in [2.75, 3.05) is 17.6 Å². The van der Waals surface area contributed by atoms with Crippen molar-refractivity contribution in [3.63, 3.8) is 0 Å². The Morgan fingerprint density at radius 3 is 3.06 bits per heavy atom. The summed E-state index contributed by atoms with van der Waals surface area (Å²) < 4.78 is 0. The summed E-state index contributed by atoms with van der Waals surface area (Å²) in [4.78, 5) is 7.70. The van der Waals surface area contributed by atoms with Gasteiger partial charge in [0.05, 0.1) is 6.10 Å². The Bertz CT molecular complexity index is 491. The first-order valence-corrected chi connectivity index (χ1v) is 6.20. The lowest BCUT2D eigenvalue weighted by Gasteiger charge is -2.12. The van der Waals surface area contributed by atoms with E-state index in [0.717, 1.165) is 5.56 Å². The lowest BCUT2D eigenvalue weighted by molar-refractivity contribution is 0.192. The molecule has 0 radical (unpaired) electrons. The topological polar surface area (TPSA) is 84.1 Å². The van der Waals surface area contributed by atoms with Gasteiger partial charge in [-0.1, -0.05) is 11.6 Å². The molecule has 17 heavy (non-hydrogen) atoms. The third-order valence-electron chi connectivity index (χ3n) is 2.23. The molecule has 90 valence electrons. The maximum Gasteiger partial charge on any atom is 0.157 e. The van der Waals surface area contributed by atoms with Gasteiger partial charge in [0.2, 0.25) is 0 Å². The van der Waals surface area contributed by atoms with E-state index in [2.05, 4.69) is 15.3 Å². The van der Waals surface area contributed by atoms with Crippen LogP contribution < -0.4 is 11.1 Å². The van der Waals surface area contributed by atoms with E-state index in [9.17, 15) is 5.11 Å². The normalized spacial score (nSPS) is 12.4. The van der Waals surface area contributed by atoms with E-state index in [0.29, 0.717) is 12.4 Å². The third kappa shape index (κ3) is 2.85. The molecular formula is C10H11ClN4OS. The largest absolute Gasteiger partial charge is 0.393 e. The summed E-state index contributed by atoms with van der Waals surface area (Å²) in [5.41, 5.74) is 6.83. The van der Waals surface area contributed by atoms with Crippen molar-refractivity contribution in [3.05, 3.63) is 33.9 Å². The second-order valence-corrected chi connectivity index (χ2v) is 4.52. The Balaban J connectivity index is 2.00. The molecule has 0 aromatic carbocycles. The van der Waals surface area contributed by atoms with Gasteiger partial charge in [-0.05, 0) is 22.4 Å². The van der Waals surface area contributed by atoms with Gasteiger partial charge in [0.15, 0.2) is 11.0 Å². The van der Waals surface area contributed by atoms with Crippen LogP contribution in [0.4, 0.5) is 11.5 Å². The van der Waals surface area contributed by atoms with Gasteiger partial charge in [-0.2, -0.15) is 11.3 Å². The first-order chi connectivity index (χ1) is 8.18. The number of thiophene rings is 1. The smallest absolute Gasteiger partial charge is 0.157 e. The summed E-state index contributed by atoms with van der Waals surface area (Å²) in [6.45, 7) is 0.314. The van der Waals surface area contributed by atoms with Crippen LogP contribution in [-0.2, 0) is 0 Å². The zero-order valence-corrected chi connectivity index (χ0v) is 10.4. The van der Waals surface area contributed by atoms with Crippen LogP contribution in [0, 0.1) is 0 Å². The molecule has 2 heterocycles. The van der Waals surface area contributed by atoms with E-state index in [-0.39, 0.29) is 10.8 Å². The number of nitrogens with two attached hydrogens (primary N) is 1. The fourth-order valence-corrected chi connectivity index (χ4v) is 2.13. The molecule has 0 saturated heterocycles. The zero-order valence-electron chi connectivity index (χ0n) is 8.80. The minimum Gasteiger partial charge on any atom is -0.393 e. The highest BCUT2D eigenvalue weighted by molar-refractivity contribution is 7.07. The Morgan fingerprint density at radius 2 is 2.35 bits per heavy atom. The first-order valence-electron chi connectivity index (χ1n) is 4.88. The monoisotopic (exact) mass is 270 g/mol. The van der Waals surface area contributed by atoms with Crippen molar-refractivity contribution in [2.45, 2.75) is 6.10 Å². The molecule has 0 amide bonds. The minimum absolute atomic E-state index is 0.201. The molecule has 0 spiro atoms. The molecule has 0 saturated carbocycles. The first kappa shape index (κ1) is 12.1. The number of nitrogens with one attached hydrogen (secondary N) is 1. The number of hydrogen-bond acceptors (Lipinski definition) is 6. The van der Waals surface area contributed by atoms with Gasteiger partial charge in [-0.15, -0.1) is 0 Å². The van der Waals surface area contributed by atoms with Crippen LogP contribution in [0.1, 0.15) is 11.7 Å². The number of nitrogen functional groups attached to an aromatic ring is 1. The van der Waals surface area contributed by atoms with E-state index in [1.807, 2.05) is 16.8 Å². The number of aliphatic hydroxyl groups is 1. The number of aromatic nitrogens is 2. The quantitative estimate of drug-likeness (QED) is 0.739. The number of nitrogens with zero attached hydrogens (tertiary/aromatic N) is 2. The molecule has 2 rings (SSSR count). The summed E-state index contributed by atoms with van der Waals surface area (Å²) in [6, 6.07) is 1.87. The Hall–Kier alpha value is -1.37. The van der Waals surface area contributed by atoms with Crippen molar-refractivity contribution in [3.8, 4) is 0 Å². The highest BCUT2D eigenvalue weighted by Crippen LogP contribution is 2.23. The number of halogens is 1. The van der Waals surface area contributed by atoms with Crippen LogP contribution in [0.25, 0.3) is 0 Å². The maximum absolute atomic E-state index is 9.86. The van der Waals surface area contributed by atoms with E-state index < -0.39 is 6.10 Å². The summed E-state index contributed by atoms with van der Waals surface area (Å²) in [5.74, 6) is 0.430. The zero-order chi connectivity index (χ0) is 12.3. The summed E-state index contributed by atoms with van der Waals surface area (Å²) in [7, 11) is 0. The molecule has 0 aliphatic rings. The van der Waals surface area contributed by atoms with Crippen LogP contribution in [0.5, 0.6) is 0 Å². The van der Waals surface area contributed by atoms with Gasteiger partial charge in [0.1, 0.15) is 12.0 Å². The van der Waals surface area contributed by atoms with Crippen LogP contribution in [0.2, 0.25) is 5.15 Å². The fourth-order valence-electron chi connectivity index (χ4n) is 1.29. The van der Waals surface area contributed by atoms with E-state index >= 15 is 0 Å². The molecule has 2 aromatic rings. The van der Waals surface area contributed by atoms with Gasteiger partial charge in [-0.3, -0.25) is 0 Å². The number of hydrogen-bond donors (Lipinski definition) is 3. The Morgan fingerprint density at radius 1 is 1.53 bits per heavy atom. The predicted octanol–water partition coefficient (Wildman–Crippen LogP) is 1.92. The number of aliphatic hydroxyl groups excluding tert-OH is 1. The molecule has 5 nitrogen and oxygen atoms in total. The molecule has 0 bridgehead atoms. The fraction of sp³-hybridized carbons (Fsp3) is 0.200. The van der Waals surface area contributed by atoms with Crippen molar-refractivity contribution in [1.82, 2.24) is 9.97 Å². The number of anilines is 2. The van der Waals surface area contributed by atoms with Gasteiger partial charge in [0.25, 0.3) is 0 Å². The molecule has 1 atom stereocenters. The molecule has 4 N–H and O–H groups in total. The van der Waals surface area contributed by atoms with Gasteiger partial charge in [-0.25, -0.2) is 9.97 Å². The second-order valence-electron chi connectivity index (χ2n) is 3.38. The molecular weight excluding hydrogens is 260 g/mol. The van der Waals surface area contributed by atoms with Crippen LogP contribution >= 0.6 is 22.9 Å². The van der Waals surface area contributed by atoms with Crippen molar-refractivity contribution in [1.29, 1.82) is 0 Å². The molecule has 2 aromatic heterocycles. The third-order valence-corrected chi connectivity index (χ3v) is 3.23. The molecule has 7 heteroatoms. The maximum atomic E-state index is 9.86. The minimum atomic E-state index is -0.602. The van der Waals surface area contributed by atoms with Crippen molar-refractivity contribution in [2.24, 2.45) is 0 Å². The SMILES string of the molecule is Nc1c(Cl)ncnc1NCC(O)c1ccsc1. The summed E-state index contributed by atoms with van der Waals surface area (Å²) in [6.07, 6.45) is 0.715. The van der Waals surface area contributed by atoms with Crippen LogP contribution in [0.3, 0.4) is 0 Å². The summed E-state index contributed by atoms with van der Waals surface area (Å²) >= 11 is 7.29. The average Bonchev–Trinajstić information content (AvgIpc) is 2.84. The second kappa shape index (κ2) is 5.31. The van der Waals surface area contributed by atoms with E-state index in [1.54, 1.807) is 0 Å². The standard InChI is InChI=1S/C10H11ClN4OS/c11-9-8(12)10(15-5-14-9)13-3-7(16)6-1-2-17-4-6/h1-2,4-5,7,16H,3,12H2,(H,13,14,15). The average molecular weight is 271 g/mol. The highest BCUT2D eigenvalue weighted by Gasteiger charge is 2.10. The Kier molecular flexibility index (Phi) is 3.78. The lowest BCUT2D eigenvalue weighted by atomic mass is 10.2. The molecule has 0 aliphatic heterocycles. The Labute approximate surface area is 107 Å². The van der Waals surface area contributed by atoms with Crippen molar-refractivity contribution >= 4 is 34.4 Å². The van der Waals surface area contributed by atoms with E-state index in [1.165, 1.54) is 17.7 Å². The van der Waals surface area contributed by atoms with E-state index in [4.69, 9.17) is 17.3 Å². The summed E-state index contributed by atoms with van der Waals surface area (Å²) in [5, 5.41) is 16.8. The van der Waals surface area contributed by atoms with Gasteiger partial charge < -0.3 is 16.2 Å². The van der Waals surface area contributed by atoms with Gasteiger partial charge in [0, 0.05) is 6.54 Å². The van der Waals surface area contributed by atoms with Crippen LogP contribution in [-0.4, -0.2) is 21.6 Å². The van der Waals surface area contributed by atoms with Gasteiger partial charge >= 0.3 is 0 Å². The molecule has 0 aliphatic carbocycles. The lowest BCUT2D eigenvalue weighted by Crippen LogP contribution is -2.14. The highest BCUT2D eigenvalue weighted by atomic mass is 35.5. The molecule has 0 fully saturated rings. The van der Waals surface area contributed by atoms with Crippen molar-refractivity contribution < 1.29 is 5.11 Å². The predicted molar refractivity (Wildman–Crippen MR) is 69.2 cm³/mol. The van der Waals surface area contributed by atoms with Crippen LogP contribution in [0.15, 0.2) is 23.2 Å². The number of rotatable bonds is 4. The molecule has 1 unspecified atom stereocenters.